The molecule has 2 aliphatic rings. The molecule has 1 aliphatic carbocycles. The fourth-order valence-corrected chi connectivity index (χ4v) is 3.86. The number of rotatable bonds is 4. The van der Waals surface area contributed by atoms with Gasteiger partial charge in [0.15, 0.2) is 5.69 Å². The van der Waals surface area contributed by atoms with Crippen molar-refractivity contribution in [3.63, 3.8) is 0 Å². The standard InChI is InChI=1S/C18H23N5O3/c1-22(16(24)15-13-5-2-3-6-14(13)26-21-15)11-18(25)7-10-23(12-18)17-19-8-4-9-20-17/h4,8-9,25H,2-3,5-7,10-12H2,1H3/t18-/m1/s1. The van der Waals surface area contributed by atoms with Gasteiger partial charge >= 0.3 is 0 Å². The number of anilines is 1. The van der Waals surface area contributed by atoms with E-state index >= 15 is 0 Å². The summed E-state index contributed by atoms with van der Waals surface area (Å²) in [6.07, 6.45) is 7.72. The molecular formula is C18H23N5O3. The number of carbonyl (C=O) groups excluding carboxylic acids is 1. The minimum absolute atomic E-state index is 0.195. The second-order valence-electron chi connectivity index (χ2n) is 7.25. The zero-order valence-corrected chi connectivity index (χ0v) is 14.9. The molecule has 2 aromatic rings. The molecule has 138 valence electrons. The van der Waals surface area contributed by atoms with Crippen LogP contribution in [0.15, 0.2) is 23.0 Å². The lowest BCUT2D eigenvalue weighted by Crippen LogP contribution is -2.46. The molecule has 1 atom stereocenters. The van der Waals surface area contributed by atoms with Crippen LogP contribution in [0.5, 0.6) is 0 Å². The summed E-state index contributed by atoms with van der Waals surface area (Å²) in [4.78, 5) is 24.8. The van der Waals surface area contributed by atoms with Crippen LogP contribution in [0.25, 0.3) is 0 Å². The molecule has 0 aromatic carbocycles. The van der Waals surface area contributed by atoms with Crippen molar-refractivity contribution >= 4 is 11.9 Å². The van der Waals surface area contributed by atoms with Crippen molar-refractivity contribution in [2.24, 2.45) is 0 Å². The number of aryl methyl sites for hydroxylation is 1. The zero-order chi connectivity index (χ0) is 18.1. The Hall–Kier alpha value is -2.48. The summed E-state index contributed by atoms with van der Waals surface area (Å²) in [6, 6.07) is 1.76. The predicted octanol–water partition coefficient (Wildman–Crippen LogP) is 1.06. The van der Waals surface area contributed by atoms with Gasteiger partial charge in [-0.3, -0.25) is 4.79 Å². The van der Waals surface area contributed by atoms with Crippen LogP contribution >= 0.6 is 0 Å². The SMILES string of the molecule is CN(C[C@]1(O)CCN(c2ncccn2)C1)C(=O)c1noc2c1CCCC2. The number of likely N-dealkylation sites (N-methyl/N-ethyl adjacent to an activating group) is 1. The average Bonchev–Trinajstić information content (AvgIpc) is 3.26. The van der Waals surface area contributed by atoms with Gasteiger partial charge in [0.25, 0.3) is 5.91 Å². The number of fused-ring (bicyclic) bond motifs is 1. The lowest BCUT2D eigenvalue weighted by molar-refractivity contribution is 0.0259. The minimum Gasteiger partial charge on any atom is -0.386 e. The highest BCUT2D eigenvalue weighted by atomic mass is 16.5. The highest BCUT2D eigenvalue weighted by molar-refractivity contribution is 5.93. The van der Waals surface area contributed by atoms with Crippen molar-refractivity contribution < 1.29 is 14.4 Å². The predicted molar refractivity (Wildman–Crippen MR) is 93.9 cm³/mol. The molecule has 1 saturated heterocycles. The zero-order valence-electron chi connectivity index (χ0n) is 14.9. The van der Waals surface area contributed by atoms with Gasteiger partial charge < -0.3 is 19.4 Å². The maximum absolute atomic E-state index is 12.8. The van der Waals surface area contributed by atoms with Crippen LogP contribution < -0.4 is 4.90 Å². The molecule has 0 radical (unpaired) electrons. The van der Waals surface area contributed by atoms with E-state index in [2.05, 4.69) is 15.1 Å². The second-order valence-corrected chi connectivity index (χ2v) is 7.25. The Morgan fingerprint density at radius 2 is 2.12 bits per heavy atom. The largest absolute Gasteiger partial charge is 0.386 e. The first-order valence-corrected chi connectivity index (χ1v) is 9.03. The van der Waals surface area contributed by atoms with E-state index in [0.29, 0.717) is 31.2 Å². The molecule has 8 heteroatoms. The van der Waals surface area contributed by atoms with Gasteiger partial charge in [-0.05, 0) is 31.7 Å². The molecule has 0 spiro atoms. The van der Waals surface area contributed by atoms with Crippen LogP contribution in [0.1, 0.15) is 41.1 Å². The van der Waals surface area contributed by atoms with Crippen molar-refractivity contribution in [3.05, 3.63) is 35.5 Å². The van der Waals surface area contributed by atoms with Gasteiger partial charge in [0.2, 0.25) is 5.95 Å². The molecule has 1 N–H and O–H groups in total. The summed E-state index contributed by atoms with van der Waals surface area (Å²) in [5, 5.41) is 14.9. The molecule has 0 bridgehead atoms. The van der Waals surface area contributed by atoms with Crippen LogP contribution in [0.4, 0.5) is 5.95 Å². The van der Waals surface area contributed by atoms with Crippen LogP contribution in [0.3, 0.4) is 0 Å². The summed E-state index contributed by atoms with van der Waals surface area (Å²) < 4.78 is 5.34. The van der Waals surface area contributed by atoms with E-state index in [0.717, 1.165) is 37.0 Å². The maximum Gasteiger partial charge on any atom is 0.276 e. The molecule has 0 unspecified atom stereocenters. The Kier molecular flexibility index (Phi) is 4.36. The molecule has 1 aliphatic heterocycles. The van der Waals surface area contributed by atoms with E-state index in [1.54, 1.807) is 30.4 Å². The van der Waals surface area contributed by atoms with E-state index in [-0.39, 0.29) is 12.5 Å². The van der Waals surface area contributed by atoms with Crippen molar-refractivity contribution in [2.75, 3.05) is 31.6 Å². The quantitative estimate of drug-likeness (QED) is 0.874. The van der Waals surface area contributed by atoms with E-state index < -0.39 is 5.60 Å². The molecule has 2 aromatic heterocycles. The number of aromatic nitrogens is 3. The van der Waals surface area contributed by atoms with Crippen LogP contribution in [0.2, 0.25) is 0 Å². The van der Waals surface area contributed by atoms with Gasteiger partial charge in [-0.25, -0.2) is 9.97 Å². The Morgan fingerprint density at radius 1 is 1.35 bits per heavy atom. The molecule has 0 saturated carbocycles. The van der Waals surface area contributed by atoms with E-state index in [9.17, 15) is 9.90 Å². The highest BCUT2D eigenvalue weighted by Gasteiger charge is 2.39. The number of β-amino-alcohol motifs (C(OH)–C–C–N with tert-alkyl or cyclic N) is 1. The van der Waals surface area contributed by atoms with Crippen LogP contribution in [-0.2, 0) is 12.8 Å². The number of hydrogen-bond acceptors (Lipinski definition) is 7. The fourth-order valence-electron chi connectivity index (χ4n) is 3.86. The first-order chi connectivity index (χ1) is 12.6. The Bertz CT molecular complexity index is 793. The van der Waals surface area contributed by atoms with Gasteiger partial charge in [-0.1, -0.05) is 5.16 Å². The number of hydrogen-bond donors (Lipinski definition) is 1. The van der Waals surface area contributed by atoms with E-state index in [4.69, 9.17) is 4.52 Å². The normalized spacial score (nSPS) is 22.3. The first kappa shape index (κ1) is 17.0. The molecular weight excluding hydrogens is 334 g/mol. The summed E-state index contributed by atoms with van der Waals surface area (Å²) in [7, 11) is 1.70. The lowest BCUT2D eigenvalue weighted by Gasteiger charge is -2.28. The Labute approximate surface area is 151 Å². The Morgan fingerprint density at radius 3 is 2.92 bits per heavy atom. The lowest BCUT2D eigenvalue weighted by atomic mass is 9.96. The number of amides is 1. The number of nitrogens with zero attached hydrogens (tertiary/aromatic N) is 5. The first-order valence-electron chi connectivity index (χ1n) is 9.03. The molecule has 4 rings (SSSR count). The van der Waals surface area contributed by atoms with Crippen molar-refractivity contribution in [1.82, 2.24) is 20.0 Å². The number of carbonyl (C=O) groups is 1. The summed E-state index contributed by atoms with van der Waals surface area (Å²) in [5.74, 6) is 1.24. The van der Waals surface area contributed by atoms with Gasteiger partial charge in [-0.2, -0.15) is 0 Å². The molecule has 1 amide bonds. The maximum atomic E-state index is 12.8. The van der Waals surface area contributed by atoms with E-state index in [1.165, 1.54) is 0 Å². The van der Waals surface area contributed by atoms with Gasteiger partial charge in [0.05, 0.1) is 13.1 Å². The molecule has 8 nitrogen and oxygen atoms in total. The minimum atomic E-state index is -0.993. The topological polar surface area (TPSA) is 95.6 Å². The van der Waals surface area contributed by atoms with E-state index in [1.807, 2.05) is 4.90 Å². The van der Waals surface area contributed by atoms with Gasteiger partial charge in [0.1, 0.15) is 11.4 Å². The van der Waals surface area contributed by atoms with Crippen LogP contribution in [0, 0.1) is 0 Å². The van der Waals surface area contributed by atoms with Gasteiger partial charge in [-0.15, -0.1) is 0 Å². The third-order valence-corrected chi connectivity index (χ3v) is 5.20. The van der Waals surface area contributed by atoms with Crippen molar-refractivity contribution in [1.29, 1.82) is 0 Å². The third kappa shape index (κ3) is 3.16. The summed E-state index contributed by atoms with van der Waals surface area (Å²) in [6.45, 7) is 1.28. The molecule has 1 fully saturated rings. The number of aliphatic hydroxyl groups is 1. The fraction of sp³-hybridized carbons (Fsp3) is 0.556. The summed E-state index contributed by atoms with van der Waals surface area (Å²) >= 11 is 0. The second kappa shape index (κ2) is 6.68. The average molecular weight is 357 g/mol. The Balaban J connectivity index is 1.44. The summed E-state index contributed by atoms with van der Waals surface area (Å²) in [5.41, 5.74) is 0.339. The smallest absolute Gasteiger partial charge is 0.276 e. The van der Waals surface area contributed by atoms with Crippen molar-refractivity contribution in [2.45, 2.75) is 37.7 Å². The van der Waals surface area contributed by atoms with Crippen LogP contribution in [-0.4, -0.2) is 63.3 Å². The van der Waals surface area contributed by atoms with Crippen molar-refractivity contribution in [3.8, 4) is 0 Å². The third-order valence-electron chi connectivity index (χ3n) is 5.20. The molecule has 26 heavy (non-hydrogen) atoms. The molecule has 3 heterocycles. The monoisotopic (exact) mass is 357 g/mol. The van der Waals surface area contributed by atoms with Gasteiger partial charge in [0, 0.05) is 38.0 Å². The highest BCUT2D eigenvalue weighted by Crippen LogP contribution is 2.27.